The standard InChI is InChI=1S/C42H79N2O10P/c1-6-8-10-11-12-13-14-15-16-17-18-23-27-38(46)37(34-53-55(50,51)52-32-31-44(3,4)5)43-41(48)28-24-20-19-22-26-36-39(47)33-42(49)54-40(36)30-29-35(45)25-21-9-7-2/h19,22-23,27,29-30,35-40,42,45-47,49H,6-18,20-21,24-26,28,31-34H2,1-5H3,(H-,43,48,50,51)/b22-19-,27-23+,30-29+/t35-,36-,37-,38+,39-,40+,42?/m0/s1. The number of carbonyl (C=O) groups excluding carboxylic acids is 1. The van der Waals surface area contributed by atoms with Gasteiger partial charge in [0, 0.05) is 18.8 Å². The highest BCUT2D eigenvalue weighted by molar-refractivity contribution is 7.45. The zero-order valence-corrected chi connectivity index (χ0v) is 35.8. The second-order valence-electron chi connectivity index (χ2n) is 16.2. The number of hydrogen-bond donors (Lipinski definition) is 5. The number of phosphoric ester groups is 1. The molecule has 55 heavy (non-hydrogen) atoms. The Hall–Kier alpha value is -1.44. The molecule has 0 aromatic carbocycles. The maximum absolute atomic E-state index is 12.9. The van der Waals surface area contributed by atoms with Crippen molar-refractivity contribution in [2.24, 2.45) is 5.92 Å². The molecular formula is C42H79N2O10P. The highest BCUT2D eigenvalue weighted by Gasteiger charge is 2.35. The fourth-order valence-electron chi connectivity index (χ4n) is 6.37. The number of hydrogen-bond acceptors (Lipinski definition) is 10. The molecule has 1 rings (SSSR count). The van der Waals surface area contributed by atoms with Crippen LogP contribution in [0.2, 0.25) is 0 Å². The van der Waals surface area contributed by atoms with Crippen LogP contribution in [0.15, 0.2) is 36.5 Å². The third kappa shape index (κ3) is 27.8. The van der Waals surface area contributed by atoms with E-state index in [0.29, 0.717) is 36.7 Å². The Morgan fingerprint density at radius 3 is 2.15 bits per heavy atom. The number of likely N-dealkylation sites (N-methyl/N-ethyl adjacent to an activating group) is 1. The first-order chi connectivity index (χ1) is 26.2. The Morgan fingerprint density at radius 2 is 1.49 bits per heavy atom. The topological polar surface area (TPSA) is 178 Å². The van der Waals surface area contributed by atoms with E-state index in [9.17, 15) is 34.7 Å². The summed E-state index contributed by atoms with van der Waals surface area (Å²) < 4.78 is 28.8. The van der Waals surface area contributed by atoms with Crippen LogP contribution in [0, 0.1) is 5.92 Å². The van der Waals surface area contributed by atoms with Crippen molar-refractivity contribution in [2.45, 2.75) is 179 Å². The highest BCUT2D eigenvalue weighted by atomic mass is 31.2. The van der Waals surface area contributed by atoms with Crippen LogP contribution in [0.5, 0.6) is 0 Å². The van der Waals surface area contributed by atoms with Crippen molar-refractivity contribution in [2.75, 3.05) is 40.9 Å². The van der Waals surface area contributed by atoms with Gasteiger partial charge in [0.1, 0.15) is 13.2 Å². The zero-order valence-electron chi connectivity index (χ0n) is 34.9. The summed E-state index contributed by atoms with van der Waals surface area (Å²) >= 11 is 0. The molecule has 0 aromatic rings. The summed E-state index contributed by atoms with van der Waals surface area (Å²) in [7, 11) is 1.09. The molecule has 0 aliphatic carbocycles. The molecule has 8 atom stereocenters. The van der Waals surface area contributed by atoms with Crippen molar-refractivity contribution in [3.63, 3.8) is 0 Å². The average molecular weight is 803 g/mol. The van der Waals surface area contributed by atoms with Gasteiger partial charge in [-0.2, -0.15) is 0 Å². The van der Waals surface area contributed by atoms with Crippen LogP contribution < -0.4 is 10.2 Å². The molecule has 5 N–H and O–H groups in total. The molecule has 0 aromatic heterocycles. The second-order valence-corrected chi connectivity index (χ2v) is 17.6. The number of rotatable bonds is 33. The number of ether oxygens (including phenoxy) is 1. The molecule has 1 amide bonds. The van der Waals surface area contributed by atoms with Crippen LogP contribution in [0.1, 0.15) is 142 Å². The van der Waals surface area contributed by atoms with E-state index in [1.807, 2.05) is 39.4 Å². The largest absolute Gasteiger partial charge is 0.756 e. The van der Waals surface area contributed by atoms with E-state index in [4.69, 9.17) is 13.8 Å². The lowest BCUT2D eigenvalue weighted by molar-refractivity contribution is -0.870. The maximum atomic E-state index is 12.9. The third-order valence-corrected chi connectivity index (χ3v) is 10.9. The Kier molecular flexibility index (Phi) is 28.7. The maximum Gasteiger partial charge on any atom is 0.268 e. The van der Waals surface area contributed by atoms with Crippen LogP contribution in [0.3, 0.4) is 0 Å². The van der Waals surface area contributed by atoms with Gasteiger partial charge in [-0.1, -0.05) is 127 Å². The van der Waals surface area contributed by atoms with Gasteiger partial charge in [-0.25, -0.2) is 0 Å². The number of nitrogens with one attached hydrogen (secondary N) is 1. The van der Waals surface area contributed by atoms with Gasteiger partial charge in [-0.05, 0) is 38.5 Å². The molecular weight excluding hydrogens is 723 g/mol. The number of aliphatic hydroxyl groups excluding tert-OH is 4. The summed E-state index contributed by atoms with van der Waals surface area (Å²) in [5.74, 6) is -0.639. The van der Waals surface area contributed by atoms with Gasteiger partial charge in [-0.3, -0.25) is 9.36 Å². The van der Waals surface area contributed by atoms with Crippen LogP contribution in [0.25, 0.3) is 0 Å². The van der Waals surface area contributed by atoms with Crippen molar-refractivity contribution in [3.05, 3.63) is 36.5 Å². The molecule has 0 spiro atoms. The predicted molar refractivity (Wildman–Crippen MR) is 218 cm³/mol. The summed E-state index contributed by atoms with van der Waals surface area (Å²) in [6, 6.07) is -0.991. The van der Waals surface area contributed by atoms with Gasteiger partial charge < -0.3 is 48.9 Å². The lowest BCUT2D eigenvalue weighted by Gasteiger charge is -2.36. The first kappa shape index (κ1) is 51.6. The van der Waals surface area contributed by atoms with Crippen molar-refractivity contribution < 1.29 is 52.9 Å². The molecule has 2 unspecified atom stereocenters. The zero-order chi connectivity index (χ0) is 41.0. The van der Waals surface area contributed by atoms with Gasteiger partial charge >= 0.3 is 0 Å². The Bertz CT molecular complexity index is 1110. The van der Waals surface area contributed by atoms with Crippen LogP contribution in [-0.4, -0.2) is 108 Å². The number of nitrogens with zero attached hydrogens (tertiary/aromatic N) is 1. The van der Waals surface area contributed by atoms with Gasteiger partial charge in [-0.15, -0.1) is 0 Å². The number of quaternary nitrogens is 1. The van der Waals surface area contributed by atoms with Crippen LogP contribution in [0.4, 0.5) is 0 Å². The minimum Gasteiger partial charge on any atom is -0.756 e. The number of unbranched alkanes of at least 4 members (excludes halogenated alkanes) is 13. The first-order valence-corrected chi connectivity index (χ1v) is 22.7. The van der Waals surface area contributed by atoms with E-state index in [1.54, 1.807) is 18.2 Å². The number of allylic oxidation sites excluding steroid dienone is 3. The molecule has 0 radical (unpaired) electrons. The molecule has 12 nitrogen and oxygen atoms in total. The molecule has 0 saturated carbocycles. The van der Waals surface area contributed by atoms with Gasteiger partial charge in [0.05, 0.1) is 58.2 Å². The van der Waals surface area contributed by atoms with Crippen LogP contribution >= 0.6 is 7.82 Å². The minimum atomic E-state index is -4.66. The molecule has 0 bridgehead atoms. The predicted octanol–water partition coefficient (Wildman–Crippen LogP) is 6.61. The van der Waals surface area contributed by atoms with Crippen molar-refractivity contribution in [1.29, 1.82) is 0 Å². The third-order valence-electron chi connectivity index (χ3n) is 9.89. The molecule has 1 aliphatic heterocycles. The van der Waals surface area contributed by atoms with E-state index < -0.39 is 51.2 Å². The molecule has 1 saturated heterocycles. The fourth-order valence-corrected chi connectivity index (χ4v) is 7.09. The summed E-state index contributed by atoms with van der Waals surface area (Å²) in [5, 5.41) is 44.7. The van der Waals surface area contributed by atoms with Gasteiger partial charge in [0.25, 0.3) is 7.82 Å². The van der Waals surface area contributed by atoms with E-state index in [-0.39, 0.29) is 31.3 Å². The smallest absolute Gasteiger partial charge is 0.268 e. The monoisotopic (exact) mass is 803 g/mol. The van der Waals surface area contributed by atoms with Crippen molar-refractivity contribution in [3.8, 4) is 0 Å². The summed E-state index contributed by atoms with van der Waals surface area (Å²) in [5.41, 5.74) is 0. The van der Waals surface area contributed by atoms with Gasteiger partial charge in [0.15, 0.2) is 6.29 Å². The quantitative estimate of drug-likeness (QED) is 0.0210. The van der Waals surface area contributed by atoms with Crippen molar-refractivity contribution in [1.82, 2.24) is 5.32 Å². The molecule has 13 heteroatoms. The number of aliphatic hydroxyl groups is 4. The second kappa shape index (κ2) is 30.6. The van der Waals surface area contributed by atoms with E-state index in [2.05, 4.69) is 19.2 Å². The van der Waals surface area contributed by atoms with E-state index >= 15 is 0 Å². The number of phosphoric acid groups is 1. The van der Waals surface area contributed by atoms with Crippen molar-refractivity contribution >= 4 is 13.7 Å². The number of carbonyl (C=O) groups is 1. The Balaban J connectivity index is 2.65. The minimum absolute atomic E-state index is 0.0512. The highest BCUT2D eigenvalue weighted by Crippen LogP contribution is 2.38. The molecule has 1 fully saturated rings. The molecule has 1 heterocycles. The molecule has 1 aliphatic rings. The summed E-state index contributed by atoms with van der Waals surface area (Å²) in [6.07, 6.45) is 25.2. The van der Waals surface area contributed by atoms with E-state index in [0.717, 1.165) is 38.5 Å². The summed E-state index contributed by atoms with van der Waals surface area (Å²) in [6.45, 7) is 4.27. The SMILES string of the molecule is CCCCCCCCCCCC/C=C/[C@@H](O)[C@H](COP(=O)([O-])OCC[N+](C)(C)C)NC(=O)CCC/C=C\C[C@H]1[C@@H](O)CC(O)O[C@@H]1/C=C/[C@@H](O)CCCCC. The Labute approximate surface area is 333 Å². The van der Waals surface area contributed by atoms with E-state index in [1.165, 1.54) is 51.4 Å². The lowest BCUT2D eigenvalue weighted by Crippen LogP contribution is -2.45. The first-order valence-electron chi connectivity index (χ1n) is 21.2. The normalized spacial score (nSPS) is 22.4. The van der Waals surface area contributed by atoms with Crippen LogP contribution in [-0.2, 0) is 23.1 Å². The Morgan fingerprint density at radius 1 is 0.873 bits per heavy atom. The molecule has 322 valence electrons. The fraction of sp³-hybridized carbons (Fsp3) is 0.833. The lowest BCUT2D eigenvalue weighted by atomic mass is 9.87. The summed E-state index contributed by atoms with van der Waals surface area (Å²) in [4.78, 5) is 25.4. The van der Waals surface area contributed by atoms with Gasteiger partial charge in [0.2, 0.25) is 5.91 Å². The average Bonchev–Trinajstić information content (AvgIpc) is 3.11. The number of amides is 1.